The molecule has 0 bridgehead atoms. The van der Waals surface area contributed by atoms with Gasteiger partial charge in [-0.1, -0.05) is 24.3 Å². The molecule has 0 unspecified atom stereocenters. The van der Waals surface area contributed by atoms with Crippen molar-refractivity contribution in [3.8, 4) is 11.5 Å². The number of nitrogens with two attached hydrogens (primary N) is 1. The van der Waals surface area contributed by atoms with Crippen LogP contribution in [0.3, 0.4) is 0 Å². The fourth-order valence-corrected chi connectivity index (χ4v) is 2.13. The average molecular weight is 271 g/mol. The highest BCUT2D eigenvalue weighted by Gasteiger charge is 2.06. The van der Waals surface area contributed by atoms with Gasteiger partial charge in [-0.2, -0.15) is 0 Å². The van der Waals surface area contributed by atoms with Gasteiger partial charge in [-0.25, -0.2) is 0 Å². The molecule has 3 nitrogen and oxygen atoms in total. The van der Waals surface area contributed by atoms with Crippen molar-refractivity contribution in [1.82, 2.24) is 0 Å². The van der Waals surface area contributed by atoms with Gasteiger partial charge in [-0.3, -0.25) is 0 Å². The standard InChI is InChI=1S/C17H21NO2/c1-19-15-8-3-13(4-9-15)5-12-17(18)14-6-10-16(20-2)11-7-14/h3-4,6-11,17H,5,12,18H2,1-2H3/t17-/m0/s1. The van der Waals surface area contributed by atoms with Crippen molar-refractivity contribution in [2.45, 2.75) is 18.9 Å². The molecule has 0 fully saturated rings. The maximum Gasteiger partial charge on any atom is 0.118 e. The summed E-state index contributed by atoms with van der Waals surface area (Å²) in [6.07, 6.45) is 1.87. The van der Waals surface area contributed by atoms with Gasteiger partial charge in [0.15, 0.2) is 0 Å². The van der Waals surface area contributed by atoms with Crippen molar-refractivity contribution in [2.75, 3.05) is 14.2 Å². The first kappa shape index (κ1) is 14.4. The lowest BCUT2D eigenvalue weighted by Gasteiger charge is -2.12. The molecule has 20 heavy (non-hydrogen) atoms. The Bertz CT molecular complexity index is 520. The van der Waals surface area contributed by atoms with Crippen molar-refractivity contribution >= 4 is 0 Å². The third-order valence-corrected chi connectivity index (χ3v) is 3.45. The molecule has 0 radical (unpaired) electrons. The second-order valence-electron chi connectivity index (χ2n) is 4.77. The van der Waals surface area contributed by atoms with Crippen LogP contribution in [0.4, 0.5) is 0 Å². The molecular formula is C17H21NO2. The Morgan fingerprint density at radius 1 is 0.850 bits per heavy atom. The van der Waals surface area contributed by atoms with E-state index in [9.17, 15) is 0 Å². The largest absolute Gasteiger partial charge is 0.497 e. The van der Waals surface area contributed by atoms with Crippen molar-refractivity contribution in [3.05, 3.63) is 59.7 Å². The average Bonchev–Trinajstić information content (AvgIpc) is 2.53. The predicted molar refractivity (Wildman–Crippen MR) is 81.2 cm³/mol. The summed E-state index contributed by atoms with van der Waals surface area (Å²) in [5.41, 5.74) is 8.64. The van der Waals surface area contributed by atoms with Gasteiger partial charge in [0.05, 0.1) is 14.2 Å². The Balaban J connectivity index is 1.91. The molecule has 2 aromatic carbocycles. The van der Waals surface area contributed by atoms with Crippen LogP contribution in [-0.2, 0) is 6.42 Å². The molecule has 1 atom stereocenters. The number of benzene rings is 2. The van der Waals surface area contributed by atoms with Crippen LogP contribution in [0, 0.1) is 0 Å². The minimum Gasteiger partial charge on any atom is -0.497 e. The lowest BCUT2D eigenvalue weighted by Crippen LogP contribution is -2.11. The van der Waals surface area contributed by atoms with E-state index in [1.807, 2.05) is 36.4 Å². The van der Waals surface area contributed by atoms with Gasteiger partial charge in [0.1, 0.15) is 11.5 Å². The summed E-state index contributed by atoms with van der Waals surface area (Å²) < 4.78 is 10.3. The van der Waals surface area contributed by atoms with E-state index in [0.29, 0.717) is 0 Å². The topological polar surface area (TPSA) is 44.5 Å². The number of ether oxygens (including phenoxy) is 2. The van der Waals surface area contributed by atoms with Crippen molar-refractivity contribution < 1.29 is 9.47 Å². The van der Waals surface area contributed by atoms with Crippen LogP contribution in [0.15, 0.2) is 48.5 Å². The molecule has 0 heterocycles. The number of methoxy groups -OCH3 is 2. The smallest absolute Gasteiger partial charge is 0.118 e. The molecule has 0 aliphatic heterocycles. The summed E-state index contributed by atoms with van der Waals surface area (Å²) in [6.45, 7) is 0. The number of hydrogen-bond donors (Lipinski definition) is 1. The predicted octanol–water partition coefficient (Wildman–Crippen LogP) is 3.34. The minimum atomic E-state index is 0.0445. The van der Waals surface area contributed by atoms with E-state index >= 15 is 0 Å². The fourth-order valence-electron chi connectivity index (χ4n) is 2.13. The maximum atomic E-state index is 6.22. The van der Waals surface area contributed by atoms with Crippen molar-refractivity contribution in [1.29, 1.82) is 0 Å². The van der Waals surface area contributed by atoms with Gasteiger partial charge in [0, 0.05) is 6.04 Å². The molecule has 2 N–H and O–H groups in total. The Morgan fingerprint density at radius 2 is 1.35 bits per heavy atom. The minimum absolute atomic E-state index is 0.0445. The van der Waals surface area contributed by atoms with Gasteiger partial charge in [0.2, 0.25) is 0 Å². The van der Waals surface area contributed by atoms with Crippen LogP contribution in [0.25, 0.3) is 0 Å². The third-order valence-electron chi connectivity index (χ3n) is 3.45. The summed E-state index contributed by atoms with van der Waals surface area (Å²) >= 11 is 0. The summed E-state index contributed by atoms with van der Waals surface area (Å²) in [6, 6.07) is 16.1. The summed E-state index contributed by atoms with van der Waals surface area (Å²) in [4.78, 5) is 0. The van der Waals surface area contributed by atoms with E-state index in [0.717, 1.165) is 29.9 Å². The first-order valence-corrected chi connectivity index (χ1v) is 6.75. The van der Waals surface area contributed by atoms with Crippen LogP contribution in [-0.4, -0.2) is 14.2 Å². The Kier molecular flexibility index (Phi) is 5.02. The fraction of sp³-hybridized carbons (Fsp3) is 0.294. The molecule has 0 aliphatic rings. The summed E-state index contributed by atoms with van der Waals surface area (Å²) in [7, 11) is 3.34. The number of rotatable bonds is 6. The second kappa shape index (κ2) is 6.96. The van der Waals surface area contributed by atoms with E-state index in [-0.39, 0.29) is 6.04 Å². The van der Waals surface area contributed by atoms with Crippen molar-refractivity contribution in [2.24, 2.45) is 5.73 Å². The van der Waals surface area contributed by atoms with Gasteiger partial charge >= 0.3 is 0 Å². The molecule has 3 heteroatoms. The quantitative estimate of drug-likeness (QED) is 0.876. The Hall–Kier alpha value is -2.00. The van der Waals surface area contributed by atoms with Crippen LogP contribution in [0.1, 0.15) is 23.6 Å². The monoisotopic (exact) mass is 271 g/mol. The summed E-state index contributed by atoms with van der Waals surface area (Å²) in [5, 5.41) is 0. The first-order valence-electron chi connectivity index (χ1n) is 6.75. The van der Waals surface area contributed by atoms with Gasteiger partial charge in [0.25, 0.3) is 0 Å². The maximum absolute atomic E-state index is 6.22. The molecule has 106 valence electrons. The summed E-state index contributed by atoms with van der Waals surface area (Å²) in [5.74, 6) is 1.74. The van der Waals surface area contributed by atoms with Crippen LogP contribution in [0.5, 0.6) is 11.5 Å². The van der Waals surface area contributed by atoms with Crippen LogP contribution < -0.4 is 15.2 Å². The van der Waals surface area contributed by atoms with Crippen LogP contribution >= 0.6 is 0 Å². The second-order valence-corrected chi connectivity index (χ2v) is 4.77. The molecule has 2 rings (SSSR count). The van der Waals surface area contributed by atoms with Crippen LogP contribution in [0.2, 0.25) is 0 Å². The zero-order valence-corrected chi connectivity index (χ0v) is 12.0. The third kappa shape index (κ3) is 3.75. The SMILES string of the molecule is COc1ccc(CC[C@H](N)c2ccc(OC)cc2)cc1. The Labute approximate surface area is 120 Å². The number of aryl methyl sites for hydroxylation is 1. The van der Waals surface area contributed by atoms with Gasteiger partial charge in [-0.05, 0) is 48.2 Å². The molecule has 2 aromatic rings. The van der Waals surface area contributed by atoms with E-state index in [2.05, 4.69) is 12.1 Å². The highest BCUT2D eigenvalue weighted by atomic mass is 16.5. The lowest BCUT2D eigenvalue weighted by molar-refractivity contribution is 0.414. The molecule has 0 spiro atoms. The lowest BCUT2D eigenvalue weighted by atomic mass is 9.99. The number of hydrogen-bond acceptors (Lipinski definition) is 3. The molecule has 0 aliphatic carbocycles. The Morgan fingerprint density at radius 3 is 1.85 bits per heavy atom. The molecule has 0 saturated carbocycles. The van der Waals surface area contributed by atoms with Gasteiger partial charge in [-0.15, -0.1) is 0 Å². The van der Waals surface area contributed by atoms with Gasteiger partial charge < -0.3 is 15.2 Å². The van der Waals surface area contributed by atoms with Crippen molar-refractivity contribution in [3.63, 3.8) is 0 Å². The molecule has 0 saturated heterocycles. The first-order chi connectivity index (χ1) is 9.72. The molecule has 0 aromatic heterocycles. The zero-order chi connectivity index (χ0) is 14.4. The highest BCUT2D eigenvalue weighted by molar-refractivity contribution is 5.30. The highest BCUT2D eigenvalue weighted by Crippen LogP contribution is 2.20. The molecular weight excluding hydrogens is 250 g/mol. The molecule has 0 amide bonds. The van der Waals surface area contributed by atoms with E-state index in [4.69, 9.17) is 15.2 Å². The van der Waals surface area contributed by atoms with E-state index < -0.39 is 0 Å². The zero-order valence-electron chi connectivity index (χ0n) is 12.0. The van der Waals surface area contributed by atoms with E-state index in [1.54, 1.807) is 14.2 Å². The normalized spacial score (nSPS) is 11.9. The van der Waals surface area contributed by atoms with E-state index in [1.165, 1.54) is 5.56 Å².